The molecular weight excluding hydrogens is 247 g/mol. The van der Waals surface area contributed by atoms with E-state index in [-0.39, 0.29) is 21.3 Å². The third kappa shape index (κ3) is 1.45. The fourth-order valence-corrected chi connectivity index (χ4v) is 1.70. The Kier molecular flexibility index (Phi) is 2.13. The highest BCUT2D eigenvalue weighted by molar-refractivity contribution is 6.37. The first kappa shape index (κ1) is 9.94. The summed E-state index contributed by atoms with van der Waals surface area (Å²) in [6.45, 7) is 0. The third-order valence-electron chi connectivity index (χ3n) is 1.74. The molecule has 2 aromatic heterocycles. The van der Waals surface area contributed by atoms with Crippen molar-refractivity contribution in [1.82, 2.24) is 15.0 Å². The maximum atomic E-state index is 11.0. The summed E-state index contributed by atoms with van der Waals surface area (Å²) in [6.07, 6.45) is 0. The number of H-pyrrole nitrogens is 2. The van der Waals surface area contributed by atoms with Gasteiger partial charge in [0, 0.05) is 0 Å². The molecule has 0 aliphatic rings. The number of aromatic amines is 2. The number of nitrogens with zero attached hydrogens (tertiary/aromatic N) is 2. The van der Waals surface area contributed by atoms with Gasteiger partial charge in [-0.2, -0.15) is 0 Å². The average Bonchev–Trinajstić information content (AvgIpc) is 2.45. The van der Waals surface area contributed by atoms with E-state index in [0.29, 0.717) is 0 Å². The van der Waals surface area contributed by atoms with Crippen molar-refractivity contribution >= 4 is 39.9 Å². The second-order valence-electron chi connectivity index (χ2n) is 2.63. The van der Waals surface area contributed by atoms with Crippen LogP contribution in [0.3, 0.4) is 0 Å². The number of nitro groups is 1. The Morgan fingerprint density at radius 3 is 2.40 bits per heavy atom. The van der Waals surface area contributed by atoms with E-state index in [1.165, 1.54) is 0 Å². The minimum atomic E-state index is -0.738. The molecule has 2 aromatic rings. The van der Waals surface area contributed by atoms with Gasteiger partial charge in [0.15, 0.2) is 10.7 Å². The molecule has 78 valence electrons. The van der Waals surface area contributed by atoms with Gasteiger partial charge < -0.3 is 4.98 Å². The number of rotatable bonds is 1. The van der Waals surface area contributed by atoms with Crippen LogP contribution in [0.15, 0.2) is 4.79 Å². The number of hydrogen-bond donors (Lipinski definition) is 2. The first-order valence-corrected chi connectivity index (χ1v) is 4.37. The van der Waals surface area contributed by atoms with Crippen molar-refractivity contribution in [2.24, 2.45) is 0 Å². The minimum absolute atomic E-state index is 0.0602. The Morgan fingerprint density at radius 2 is 1.80 bits per heavy atom. The monoisotopic (exact) mass is 248 g/mol. The summed E-state index contributed by atoms with van der Waals surface area (Å²) < 4.78 is 0. The van der Waals surface area contributed by atoms with E-state index in [1.54, 1.807) is 0 Å². The summed E-state index contributed by atoms with van der Waals surface area (Å²) in [4.78, 5) is 28.9. The second-order valence-corrected chi connectivity index (χ2v) is 3.34. The molecule has 0 amide bonds. The van der Waals surface area contributed by atoms with E-state index < -0.39 is 16.3 Å². The van der Waals surface area contributed by atoms with Crippen LogP contribution in [0, 0.1) is 10.1 Å². The van der Waals surface area contributed by atoms with Crippen LogP contribution in [-0.2, 0) is 0 Å². The van der Waals surface area contributed by atoms with Crippen LogP contribution < -0.4 is 5.69 Å². The van der Waals surface area contributed by atoms with E-state index >= 15 is 0 Å². The summed E-state index contributed by atoms with van der Waals surface area (Å²) in [7, 11) is 0. The van der Waals surface area contributed by atoms with Crippen LogP contribution in [0.25, 0.3) is 11.0 Å². The van der Waals surface area contributed by atoms with Crippen molar-refractivity contribution in [1.29, 1.82) is 0 Å². The molecule has 0 saturated carbocycles. The van der Waals surface area contributed by atoms with Crippen LogP contribution in [0.4, 0.5) is 5.69 Å². The zero-order valence-corrected chi connectivity index (χ0v) is 8.39. The number of aromatic nitrogens is 3. The molecule has 2 rings (SSSR count). The summed E-state index contributed by atoms with van der Waals surface area (Å²) in [6, 6.07) is 0. The zero-order valence-electron chi connectivity index (χ0n) is 6.88. The van der Waals surface area contributed by atoms with Gasteiger partial charge in [-0.1, -0.05) is 23.2 Å². The topological polar surface area (TPSA) is 105 Å². The summed E-state index contributed by atoms with van der Waals surface area (Å²) in [5, 5.41) is 10.2. The Balaban J connectivity index is 3.01. The fourth-order valence-electron chi connectivity index (χ4n) is 1.18. The van der Waals surface area contributed by atoms with Crippen molar-refractivity contribution in [3.05, 3.63) is 30.9 Å². The van der Waals surface area contributed by atoms with Crippen molar-refractivity contribution in [3.8, 4) is 0 Å². The van der Waals surface area contributed by atoms with Crippen molar-refractivity contribution in [3.63, 3.8) is 0 Å². The Labute approximate surface area is 91.2 Å². The maximum Gasteiger partial charge on any atom is 0.332 e. The average molecular weight is 249 g/mol. The summed E-state index contributed by atoms with van der Waals surface area (Å²) in [5.74, 6) is 0. The van der Waals surface area contributed by atoms with E-state index in [9.17, 15) is 14.9 Å². The van der Waals surface area contributed by atoms with Gasteiger partial charge in [0.2, 0.25) is 5.15 Å². The molecule has 2 N–H and O–H groups in total. The lowest BCUT2D eigenvalue weighted by Crippen LogP contribution is -1.99. The van der Waals surface area contributed by atoms with Gasteiger partial charge in [0.05, 0.1) is 4.92 Å². The SMILES string of the molecule is O=c1[nH]c2c(Cl)nc(Cl)c([N+](=O)[O-])c2[nH]1. The van der Waals surface area contributed by atoms with Crippen LogP contribution in [0.1, 0.15) is 0 Å². The van der Waals surface area contributed by atoms with Crippen molar-refractivity contribution < 1.29 is 4.92 Å². The quantitative estimate of drug-likeness (QED) is 0.453. The number of imidazole rings is 1. The molecule has 0 atom stereocenters. The number of fused-ring (bicyclic) bond motifs is 1. The van der Waals surface area contributed by atoms with Crippen molar-refractivity contribution in [2.75, 3.05) is 0 Å². The van der Waals surface area contributed by atoms with Crippen LogP contribution in [0.5, 0.6) is 0 Å². The second kappa shape index (κ2) is 3.21. The van der Waals surface area contributed by atoms with Gasteiger partial charge in [-0.05, 0) is 0 Å². The highest BCUT2D eigenvalue weighted by atomic mass is 35.5. The molecule has 0 aliphatic heterocycles. The molecule has 0 bridgehead atoms. The van der Waals surface area contributed by atoms with Crippen molar-refractivity contribution in [2.45, 2.75) is 0 Å². The van der Waals surface area contributed by atoms with E-state index in [2.05, 4.69) is 15.0 Å². The summed E-state index contributed by atoms with van der Waals surface area (Å²) >= 11 is 11.2. The van der Waals surface area contributed by atoms with Crippen LogP contribution in [0.2, 0.25) is 10.3 Å². The molecule has 0 fully saturated rings. The largest absolute Gasteiger partial charge is 0.332 e. The fraction of sp³-hybridized carbons (Fsp3) is 0. The molecule has 9 heteroatoms. The maximum absolute atomic E-state index is 11.0. The predicted octanol–water partition coefficient (Wildman–Crippen LogP) is 1.47. The molecule has 0 aromatic carbocycles. The molecule has 2 heterocycles. The number of hydrogen-bond acceptors (Lipinski definition) is 4. The molecule has 15 heavy (non-hydrogen) atoms. The van der Waals surface area contributed by atoms with Gasteiger partial charge in [-0.15, -0.1) is 0 Å². The first-order chi connectivity index (χ1) is 7.00. The summed E-state index contributed by atoms with van der Waals surface area (Å²) in [5.41, 5.74) is -1.08. The molecular formula is C6H2Cl2N4O3. The number of nitrogens with one attached hydrogen (secondary N) is 2. The Hall–Kier alpha value is -1.60. The standard InChI is InChI=1S/C6H2Cl2N4O3/c7-4-2-1(9-6(13)10-2)3(12(14)15)5(8)11-4/h(H2,9,10,13). The molecule has 7 nitrogen and oxygen atoms in total. The zero-order chi connectivity index (χ0) is 11.2. The highest BCUT2D eigenvalue weighted by Gasteiger charge is 2.23. The molecule has 0 spiro atoms. The Bertz CT molecular complexity index is 617. The highest BCUT2D eigenvalue weighted by Crippen LogP contribution is 2.32. The van der Waals surface area contributed by atoms with Gasteiger partial charge in [-0.25, -0.2) is 9.78 Å². The minimum Gasteiger partial charge on any atom is -0.303 e. The van der Waals surface area contributed by atoms with E-state index in [1.807, 2.05) is 0 Å². The number of halogens is 2. The van der Waals surface area contributed by atoms with E-state index in [4.69, 9.17) is 23.2 Å². The predicted molar refractivity (Wildman–Crippen MR) is 53.4 cm³/mol. The van der Waals surface area contributed by atoms with Gasteiger partial charge in [0.25, 0.3) is 0 Å². The lowest BCUT2D eigenvalue weighted by Gasteiger charge is -1.97. The van der Waals surface area contributed by atoms with Gasteiger partial charge >= 0.3 is 11.4 Å². The van der Waals surface area contributed by atoms with Crippen LogP contribution in [-0.4, -0.2) is 19.9 Å². The molecule has 0 saturated heterocycles. The lowest BCUT2D eigenvalue weighted by molar-refractivity contribution is -0.383. The molecule has 0 unspecified atom stereocenters. The van der Waals surface area contributed by atoms with Gasteiger partial charge in [0.1, 0.15) is 5.52 Å². The van der Waals surface area contributed by atoms with Gasteiger partial charge in [-0.3, -0.25) is 15.1 Å². The third-order valence-corrected chi connectivity index (χ3v) is 2.28. The first-order valence-electron chi connectivity index (χ1n) is 3.62. The number of pyridine rings is 1. The lowest BCUT2D eigenvalue weighted by atomic mass is 10.3. The molecule has 0 aliphatic carbocycles. The smallest absolute Gasteiger partial charge is 0.303 e. The Morgan fingerprint density at radius 1 is 1.20 bits per heavy atom. The molecule has 0 radical (unpaired) electrons. The van der Waals surface area contributed by atoms with E-state index in [0.717, 1.165) is 0 Å². The van der Waals surface area contributed by atoms with Crippen LogP contribution >= 0.6 is 23.2 Å². The normalized spacial score (nSPS) is 10.8.